The van der Waals surface area contributed by atoms with Gasteiger partial charge in [-0.1, -0.05) is 17.3 Å². The van der Waals surface area contributed by atoms with Crippen molar-refractivity contribution in [2.45, 2.75) is 39.4 Å². The van der Waals surface area contributed by atoms with Crippen LogP contribution < -0.4 is 5.32 Å². The molecule has 2 heterocycles. The fourth-order valence-corrected chi connectivity index (χ4v) is 2.83. The Morgan fingerprint density at radius 3 is 2.79 bits per heavy atom. The summed E-state index contributed by atoms with van der Waals surface area (Å²) in [6.07, 6.45) is -1.87. The van der Waals surface area contributed by atoms with E-state index < -0.39 is 29.9 Å². The minimum atomic E-state index is -1.03. The van der Waals surface area contributed by atoms with Gasteiger partial charge in [0.15, 0.2) is 6.10 Å². The number of carbonyl (C=O) groups excluding carboxylic acids is 2. The second-order valence-electron chi connectivity index (χ2n) is 6.58. The van der Waals surface area contributed by atoms with E-state index in [-0.39, 0.29) is 6.42 Å². The maximum absolute atomic E-state index is 13.3. The summed E-state index contributed by atoms with van der Waals surface area (Å²) in [5, 5.41) is 10.8. The summed E-state index contributed by atoms with van der Waals surface area (Å²) < 4.78 is 20.2. The van der Waals surface area contributed by atoms with Crippen molar-refractivity contribution in [3.05, 3.63) is 47.0 Å². The van der Waals surface area contributed by atoms with E-state index >= 15 is 0 Å². The molecule has 2 atom stereocenters. The highest BCUT2D eigenvalue weighted by atomic mass is 19.1. The van der Waals surface area contributed by atoms with E-state index in [1.807, 2.05) is 6.92 Å². The molecule has 3 rings (SSSR count). The SMILES string of the molecule is Cc1nn(C)c(C)c1NC(=O)C(C)OC(=O)C1CC(c2cccc(F)c2)=NO1. The number of halogens is 1. The molecule has 0 saturated carbocycles. The lowest BCUT2D eigenvalue weighted by atomic mass is 10.1. The van der Waals surface area contributed by atoms with Crippen LogP contribution in [-0.4, -0.2) is 39.6 Å². The van der Waals surface area contributed by atoms with E-state index in [1.165, 1.54) is 19.1 Å². The van der Waals surface area contributed by atoms with Gasteiger partial charge in [0.1, 0.15) is 5.82 Å². The third-order valence-corrected chi connectivity index (χ3v) is 4.51. The van der Waals surface area contributed by atoms with Gasteiger partial charge in [-0.05, 0) is 32.9 Å². The Kier molecular flexibility index (Phi) is 5.43. The van der Waals surface area contributed by atoms with Gasteiger partial charge in [0.25, 0.3) is 5.91 Å². The number of oxime groups is 1. The summed E-state index contributed by atoms with van der Waals surface area (Å²) >= 11 is 0. The molecule has 1 aliphatic rings. The van der Waals surface area contributed by atoms with E-state index in [9.17, 15) is 14.0 Å². The van der Waals surface area contributed by atoms with Gasteiger partial charge < -0.3 is 14.9 Å². The number of nitrogens with one attached hydrogen (secondary N) is 1. The van der Waals surface area contributed by atoms with Gasteiger partial charge in [0.05, 0.1) is 22.8 Å². The van der Waals surface area contributed by atoms with Crippen molar-refractivity contribution in [2.24, 2.45) is 12.2 Å². The van der Waals surface area contributed by atoms with Crippen molar-refractivity contribution in [3.63, 3.8) is 0 Å². The van der Waals surface area contributed by atoms with Gasteiger partial charge in [-0.15, -0.1) is 0 Å². The molecule has 1 aromatic carbocycles. The summed E-state index contributed by atoms with van der Waals surface area (Å²) in [6, 6.07) is 5.85. The van der Waals surface area contributed by atoms with Crippen molar-refractivity contribution in [2.75, 3.05) is 5.32 Å². The number of esters is 1. The number of nitrogens with zero attached hydrogens (tertiary/aromatic N) is 3. The minimum absolute atomic E-state index is 0.136. The van der Waals surface area contributed by atoms with Crippen LogP contribution in [-0.2, 0) is 26.2 Å². The van der Waals surface area contributed by atoms with E-state index in [0.717, 1.165) is 5.69 Å². The Labute approximate surface area is 161 Å². The van der Waals surface area contributed by atoms with Crippen LogP contribution in [0.15, 0.2) is 29.4 Å². The third kappa shape index (κ3) is 4.03. The normalized spacial score (nSPS) is 16.9. The van der Waals surface area contributed by atoms with Crippen molar-refractivity contribution >= 4 is 23.3 Å². The molecule has 2 unspecified atom stereocenters. The number of amides is 1. The molecule has 1 aliphatic heterocycles. The molecule has 0 bridgehead atoms. The molecular weight excluding hydrogens is 367 g/mol. The zero-order valence-corrected chi connectivity index (χ0v) is 16.0. The number of hydrogen-bond acceptors (Lipinski definition) is 6. The van der Waals surface area contributed by atoms with Gasteiger partial charge in [0.2, 0.25) is 6.10 Å². The summed E-state index contributed by atoms with van der Waals surface area (Å²) in [5.41, 5.74) is 3.02. The molecule has 8 nitrogen and oxygen atoms in total. The number of hydrogen-bond donors (Lipinski definition) is 1. The number of anilines is 1. The van der Waals surface area contributed by atoms with Crippen LogP contribution >= 0.6 is 0 Å². The van der Waals surface area contributed by atoms with Crippen molar-refractivity contribution < 1.29 is 23.6 Å². The zero-order chi connectivity index (χ0) is 20.4. The number of benzene rings is 1. The lowest BCUT2D eigenvalue weighted by molar-refractivity contribution is -0.163. The second-order valence-corrected chi connectivity index (χ2v) is 6.58. The minimum Gasteiger partial charge on any atom is -0.450 e. The number of carbonyl (C=O) groups is 2. The molecule has 1 N–H and O–H groups in total. The highest BCUT2D eigenvalue weighted by molar-refractivity contribution is 6.04. The first-order valence-electron chi connectivity index (χ1n) is 8.76. The van der Waals surface area contributed by atoms with E-state index in [2.05, 4.69) is 15.6 Å². The van der Waals surface area contributed by atoms with Gasteiger partial charge in [-0.3, -0.25) is 9.48 Å². The van der Waals surface area contributed by atoms with Crippen molar-refractivity contribution in [1.82, 2.24) is 9.78 Å². The molecule has 0 spiro atoms. The van der Waals surface area contributed by atoms with Crippen molar-refractivity contribution in [1.29, 1.82) is 0 Å². The van der Waals surface area contributed by atoms with E-state index in [4.69, 9.17) is 9.57 Å². The van der Waals surface area contributed by atoms with Crippen LogP contribution in [0.3, 0.4) is 0 Å². The summed E-state index contributed by atoms with van der Waals surface area (Å²) in [4.78, 5) is 29.8. The average molecular weight is 388 g/mol. The number of ether oxygens (including phenoxy) is 1. The zero-order valence-electron chi connectivity index (χ0n) is 16.0. The molecule has 2 aromatic rings. The van der Waals surface area contributed by atoms with E-state index in [1.54, 1.807) is 30.8 Å². The van der Waals surface area contributed by atoms with E-state index in [0.29, 0.717) is 22.7 Å². The molecule has 1 amide bonds. The van der Waals surface area contributed by atoms with Crippen LogP contribution in [0.25, 0.3) is 0 Å². The Bertz CT molecular complexity index is 953. The van der Waals surface area contributed by atoms with Gasteiger partial charge in [-0.25, -0.2) is 9.18 Å². The smallest absolute Gasteiger partial charge is 0.351 e. The molecular formula is C19H21FN4O4. The predicted molar refractivity (Wildman–Crippen MR) is 99.3 cm³/mol. The Hall–Kier alpha value is -3.23. The standard InChI is InChI=1S/C19H21FN4O4/c1-10-17(11(2)24(4)22-10)21-18(25)12(3)27-19(26)16-9-15(23-28-16)13-6-5-7-14(20)8-13/h5-8,12,16H,9H2,1-4H3,(H,21,25). The van der Waals surface area contributed by atoms with Gasteiger partial charge in [-0.2, -0.15) is 5.10 Å². The topological polar surface area (TPSA) is 94.8 Å². The maximum atomic E-state index is 13.3. The first-order valence-corrected chi connectivity index (χ1v) is 8.76. The highest BCUT2D eigenvalue weighted by Crippen LogP contribution is 2.21. The summed E-state index contributed by atoms with van der Waals surface area (Å²) in [6.45, 7) is 5.07. The molecule has 0 radical (unpaired) electrons. The largest absolute Gasteiger partial charge is 0.450 e. The molecule has 148 valence electrons. The number of rotatable bonds is 5. The quantitative estimate of drug-likeness (QED) is 0.793. The molecule has 1 aromatic heterocycles. The third-order valence-electron chi connectivity index (χ3n) is 4.51. The van der Waals surface area contributed by atoms with Crippen LogP contribution in [0, 0.1) is 19.7 Å². The number of aromatic nitrogens is 2. The Morgan fingerprint density at radius 2 is 2.14 bits per heavy atom. The molecule has 9 heteroatoms. The van der Waals surface area contributed by atoms with Crippen LogP contribution in [0.1, 0.15) is 30.3 Å². The molecule has 0 aliphatic carbocycles. The first-order chi connectivity index (χ1) is 13.3. The van der Waals surface area contributed by atoms with Crippen molar-refractivity contribution in [3.8, 4) is 0 Å². The lowest BCUT2D eigenvalue weighted by Gasteiger charge is -2.15. The van der Waals surface area contributed by atoms with Crippen LogP contribution in [0.5, 0.6) is 0 Å². The number of aryl methyl sites for hydroxylation is 2. The van der Waals surface area contributed by atoms with Crippen LogP contribution in [0.4, 0.5) is 10.1 Å². The predicted octanol–water partition coefficient (Wildman–Crippen LogP) is 2.24. The second kappa shape index (κ2) is 7.79. The highest BCUT2D eigenvalue weighted by Gasteiger charge is 2.33. The molecule has 0 fully saturated rings. The lowest BCUT2D eigenvalue weighted by Crippen LogP contribution is -2.34. The van der Waals surface area contributed by atoms with Gasteiger partial charge in [0, 0.05) is 19.0 Å². The monoisotopic (exact) mass is 388 g/mol. The molecule has 28 heavy (non-hydrogen) atoms. The average Bonchev–Trinajstić information content (AvgIpc) is 3.23. The Morgan fingerprint density at radius 1 is 1.39 bits per heavy atom. The van der Waals surface area contributed by atoms with Gasteiger partial charge >= 0.3 is 5.97 Å². The first kappa shape index (κ1) is 19.5. The Balaban J connectivity index is 1.57. The summed E-state index contributed by atoms with van der Waals surface area (Å²) in [5.74, 6) is -1.59. The maximum Gasteiger partial charge on any atom is 0.351 e. The summed E-state index contributed by atoms with van der Waals surface area (Å²) in [7, 11) is 1.77. The van der Waals surface area contributed by atoms with Crippen LogP contribution in [0.2, 0.25) is 0 Å². The fourth-order valence-electron chi connectivity index (χ4n) is 2.83. The fraction of sp³-hybridized carbons (Fsp3) is 0.368. The molecule has 0 saturated heterocycles.